The van der Waals surface area contributed by atoms with Crippen LogP contribution >= 0.6 is 11.3 Å². The second kappa shape index (κ2) is 5.64. The lowest BCUT2D eigenvalue weighted by Crippen LogP contribution is -2.02. The van der Waals surface area contributed by atoms with Crippen molar-refractivity contribution in [3.05, 3.63) is 52.0 Å². The Hall–Kier alpha value is -1.88. The van der Waals surface area contributed by atoms with Gasteiger partial charge in [0.05, 0.1) is 5.71 Å². The molecule has 2 aromatic rings. The molecule has 3 nitrogen and oxygen atoms in total. The predicted octanol–water partition coefficient (Wildman–Crippen LogP) is 3.66. The Morgan fingerprint density at radius 2 is 2.28 bits per heavy atom. The molecule has 5 heteroatoms. The molecule has 0 atom stereocenters. The van der Waals surface area contributed by atoms with Gasteiger partial charge in [-0.1, -0.05) is 5.16 Å². The third-order valence-electron chi connectivity index (χ3n) is 2.46. The first-order valence-electron chi connectivity index (χ1n) is 5.33. The highest BCUT2D eigenvalue weighted by Crippen LogP contribution is 2.22. The molecule has 1 aromatic heterocycles. The van der Waals surface area contributed by atoms with Crippen LogP contribution in [0.1, 0.15) is 18.1 Å². The van der Waals surface area contributed by atoms with Crippen LogP contribution in [-0.2, 0) is 6.61 Å². The molecule has 94 valence electrons. The van der Waals surface area contributed by atoms with Gasteiger partial charge in [-0.25, -0.2) is 4.39 Å². The summed E-state index contributed by atoms with van der Waals surface area (Å²) in [6.07, 6.45) is 0. The van der Waals surface area contributed by atoms with Crippen LogP contribution < -0.4 is 4.74 Å². The van der Waals surface area contributed by atoms with Crippen LogP contribution in [0.15, 0.2) is 40.2 Å². The summed E-state index contributed by atoms with van der Waals surface area (Å²) in [4.78, 5) is 0. The summed E-state index contributed by atoms with van der Waals surface area (Å²) < 4.78 is 18.8. The summed E-state index contributed by atoms with van der Waals surface area (Å²) in [6, 6.07) is 6.07. The first kappa shape index (κ1) is 12.6. The van der Waals surface area contributed by atoms with Gasteiger partial charge in [0.15, 0.2) is 0 Å². The van der Waals surface area contributed by atoms with Crippen molar-refractivity contribution in [3.63, 3.8) is 0 Å². The predicted molar refractivity (Wildman–Crippen MR) is 69.0 cm³/mol. The third-order valence-corrected chi connectivity index (χ3v) is 3.19. The molecule has 0 aliphatic carbocycles. The van der Waals surface area contributed by atoms with Crippen LogP contribution in [0.4, 0.5) is 4.39 Å². The molecule has 0 bridgehead atoms. The third kappa shape index (κ3) is 2.87. The lowest BCUT2D eigenvalue weighted by Gasteiger charge is -2.10. The lowest BCUT2D eigenvalue weighted by atomic mass is 10.1. The number of hydrogen-bond acceptors (Lipinski definition) is 4. The second-order valence-electron chi connectivity index (χ2n) is 3.75. The molecule has 18 heavy (non-hydrogen) atoms. The number of rotatable bonds is 4. The van der Waals surface area contributed by atoms with Gasteiger partial charge in [-0.2, -0.15) is 11.3 Å². The minimum Gasteiger partial charge on any atom is -0.488 e. The van der Waals surface area contributed by atoms with Crippen LogP contribution in [0.25, 0.3) is 0 Å². The fourth-order valence-corrected chi connectivity index (χ4v) is 2.16. The Morgan fingerprint density at radius 1 is 1.44 bits per heavy atom. The molecular weight excluding hydrogens is 253 g/mol. The molecule has 0 saturated heterocycles. The number of halogens is 1. The molecule has 1 N–H and O–H groups in total. The fourth-order valence-electron chi connectivity index (χ4n) is 1.50. The van der Waals surface area contributed by atoms with Crippen LogP contribution in [0.3, 0.4) is 0 Å². The van der Waals surface area contributed by atoms with Gasteiger partial charge >= 0.3 is 0 Å². The van der Waals surface area contributed by atoms with E-state index in [9.17, 15) is 4.39 Å². The van der Waals surface area contributed by atoms with E-state index in [4.69, 9.17) is 9.94 Å². The van der Waals surface area contributed by atoms with Crippen LogP contribution in [0.2, 0.25) is 0 Å². The monoisotopic (exact) mass is 265 g/mol. The van der Waals surface area contributed by atoms with Crippen molar-refractivity contribution >= 4 is 17.0 Å². The van der Waals surface area contributed by atoms with Crippen molar-refractivity contribution in [1.29, 1.82) is 0 Å². The maximum absolute atomic E-state index is 13.2. The highest BCUT2D eigenvalue weighted by atomic mass is 32.1. The van der Waals surface area contributed by atoms with E-state index in [1.807, 2.05) is 16.8 Å². The van der Waals surface area contributed by atoms with Gasteiger partial charge in [-0.3, -0.25) is 0 Å². The molecule has 0 fully saturated rings. The van der Waals surface area contributed by atoms with Gasteiger partial charge in [0.25, 0.3) is 0 Å². The molecule has 0 aliphatic rings. The minimum absolute atomic E-state index is 0.360. The molecule has 0 radical (unpaired) electrons. The maximum atomic E-state index is 13.2. The highest BCUT2D eigenvalue weighted by molar-refractivity contribution is 7.07. The highest BCUT2D eigenvalue weighted by Gasteiger charge is 2.09. The average Bonchev–Trinajstić information content (AvgIpc) is 2.88. The Bertz CT molecular complexity index is 552. The quantitative estimate of drug-likeness (QED) is 0.520. The van der Waals surface area contributed by atoms with Crippen LogP contribution in [0.5, 0.6) is 5.75 Å². The van der Waals surface area contributed by atoms with Crippen molar-refractivity contribution in [2.24, 2.45) is 5.16 Å². The summed E-state index contributed by atoms with van der Waals surface area (Å²) in [7, 11) is 0. The topological polar surface area (TPSA) is 41.8 Å². The van der Waals surface area contributed by atoms with Crippen LogP contribution in [0, 0.1) is 5.82 Å². The Balaban J connectivity index is 2.22. The van der Waals surface area contributed by atoms with Crippen molar-refractivity contribution in [2.45, 2.75) is 13.5 Å². The van der Waals surface area contributed by atoms with Crippen molar-refractivity contribution in [1.82, 2.24) is 0 Å². The van der Waals surface area contributed by atoms with Gasteiger partial charge in [0, 0.05) is 11.6 Å². The van der Waals surface area contributed by atoms with Gasteiger partial charge in [0.2, 0.25) is 0 Å². The zero-order valence-corrected chi connectivity index (χ0v) is 10.6. The standard InChI is InChI=1S/C13H12FNO2S/c1-9(15-16)12-3-2-11(14)6-13(12)17-7-10-4-5-18-8-10/h2-6,8,16H,7H2,1H3. The van der Waals surface area contributed by atoms with E-state index in [2.05, 4.69) is 5.16 Å². The van der Waals surface area contributed by atoms with E-state index < -0.39 is 0 Å². The number of hydrogen-bond donors (Lipinski definition) is 1. The summed E-state index contributed by atoms with van der Waals surface area (Å²) in [5, 5.41) is 15.8. The maximum Gasteiger partial charge on any atom is 0.131 e. The smallest absolute Gasteiger partial charge is 0.131 e. The zero-order valence-electron chi connectivity index (χ0n) is 9.76. The SMILES string of the molecule is CC(=NO)c1ccc(F)cc1OCc1ccsc1. The molecule has 1 heterocycles. The number of thiophene rings is 1. The molecule has 1 aromatic carbocycles. The summed E-state index contributed by atoms with van der Waals surface area (Å²) in [6.45, 7) is 1.99. The fraction of sp³-hybridized carbons (Fsp3) is 0.154. The number of benzene rings is 1. The van der Waals surface area contributed by atoms with Gasteiger partial charge < -0.3 is 9.94 Å². The molecular formula is C13H12FNO2S. The molecule has 2 rings (SSSR count). The Morgan fingerprint density at radius 3 is 2.94 bits per heavy atom. The normalized spacial score (nSPS) is 11.6. The lowest BCUT2D eigenvalue weighted by molar-refractivity contribution is 0.302. The molecule has 0 unspecified atom stereocenters. The number of nitrogens with zero attached hydrogens (tertiary/aromatic N) is 1. The minimum atomic E-state index is -0.384. The van der Waals surface area contributed by atoms with E-state index in [1.54, 1.807) is 18.3 Å². The van der Waals surface area contributed by atoms with Gasteiger partial charge in [-0.15, -0.1) is 0 Å². The van der Waals surface area contributed by atoms with E-state index in [0.29, 0.717) is 23.6 Å². The van der Waals surface area contributed by atoms with Crippen molar-refractivity contribution in [3.8, 4) is 5.75 Å². The second-order valence-corrected chi connectivity index (χ2v) is 4.53. The van der Waals surface area contributed by atoms with Crippen LogP contribution in [-0.4, -0.2) is 10.9 Å². The van der Waals surface area contributed by atoms with E-state index in [-0.39, 0.29) is 5.82 Å². The largest absolute Gasteiger partial charge is 0.488 e. The van der Waals surface area contributed by atoms with Gasteiger partial charge in [0.1, 0.15) is 18.2 Å². The average molecular weight is 265 g/mol. The van der Waals surface area contributed by atoms with Gasteiger partial charge in [-0.05, 0) is 41.4 Å². The van der Waals surface area contributed by atoms with Crippen molar-refractivity contribution in [2.75, 3.05) is 0 Å². The summed E-state index contributed by atoms with van der Waals surface area (Å²) >= 11 is 1.58. The molecule has 0 aliphatic heterocycles. The Kier molecular flexibility index (Phi) is 3.94. The Labute approximate surface area is 108 Å². The number of oxime groups is 1. The number of ether oxygens (including phenoxy) is 1. The first-order chi connectivity index (χ1) is 8.70. The van der Waals surface area contributed by atoms with E-state index in [1.165, 1.54) is 18.2 Å². The summed E-state index contributed by atoms with van der Waals surface area (Å²) in [5.41, 5.74) is 1.98. The van der Waals surface area contributed by atoms with E-state index in [0.717, 1.165) is 5.56 Å². The summed E-state index contributed by atoms with van der Waals surface area (Å²) in [5.74, 6) is -0.0127. The first-order valence-corrected chi connectivity index (χ1v) is 6.27. The zero-order chi connectivity index (χ0) is 13.0. The molecule has 0 saturated carbocycles. The molecule has 0 spiro atoms. The van der Waals surface area contributed by atoms with E-state index >= 15 is 0 Å². The van der Waals surface area contributed by atoms with Crippen molar-refractivity contribution < 1.29 is 14.3 Å². The molecule has 0 amide bonds.